The number of rotatable bonds is 6. The summed E-state index contributed by atoms with van der Waals surface area (Å²) in [5.74, 6) is 0.755. The molecule has 0 aliphatic heterocycles. The summed E-state index contributed by atoms with van der Waals surface area (Å²) in [4.78, 5) is 18.0. The first-order chi connectivity index (χ1) is 10.0. The quantitative estimate of drug-likeness (QED) is 0.832. The van der Waals surface area contributed by atoms with E-state index in [0.29, 0.717) is 25.3 Å². The van der Waals surface area contributed by atoms with Crippen LogP contribution in [-0.4, -0.2) is 29.4 Å². The number of hydrogen-bond acceptors (Lipinski definition) is 5. The summed E-state index contributed by atoms with van der Waals surface area (Å²) in [6.07, 6.45) is 0.337. The molecule has 2 rings (SSSR count). The second-order valence-electron chi connectivity index (χ2n) is 4.78. The van der Waals surface area contributed by atoms with Crippen LogP contribution in [0.5, 0.6) is 5.75 Å². The average molecular weight is 305 g/mol. The molecule has 0 spiro atoms. The molecule has 1 aromatic heterocycles. The topological polar surface area (TPSA) is 68.5 Å². The van der Waals surface area contributed by atoms with Crippen molar-refractivity contribution in [1.29, 1.82) is 0 Å². The second kappa shape index (κ2) is 7.08. The van der Waals surface area contributed by atoms with Crippen molar-refractivity contribution in [2.45, 2.75) is 19.9 Å². The molecule has 0 atom stereocenters. The van der Waals surface area contributed by atoms with E-state index in [2.05, 4.69) is 4.98 Å². The number of carbonyl (C=O) groups excluding carboxylic acids is 1. The Morgan fingerprint density at radius 3 is 2.71 bits per heavy atom. The molecule has 0 aliphatic rings. The van der Waals surface area contributed by atoms with E-state index in [9.17, 15) is 4.79 Å². The molecule has 2 N–H and O–H groups in total. The van der Waals surface area contributed by atoms with Crippen molar-refractivity contribution in [3.8, 4) is 5.75 Å². The number of carbonyl (C=O) groups is 1. The summed E-state index contributed by atoms with van der Waals surface area (Å²) in [7, 11) is 1.78. The predicted octanol–water partition coefficient (Wildman–Crippen LogP) is 2.46. The second-order valence-corrected chi connectivity index (χ2v) is 5.84. The third-order valence-electron chi connectivity index (χ3n) is 2.96. The van der Waals surface area contributed by atoms with Gasteiger partial charge in [0, 0.05) is 18.1 Å². The smallest absolute Gasteiger partial charge is 0.226 e. The van der Waals surface area contributed by atoms with Gasteiger partial charge in [-0.1, -0.05) is 0 Å². The molecule has 0 saturated heterocycles. The molecule has 5 nitrogen and oxygen atoms in total. The van der Waals surface area contributed by atoms with Gasteiger partial charge in [0.25, 0.3) is 0 Å². The molecule has 0 radical (unpaired) electrons. The molecule has 1 amide bonds. The Morgan fingerprint density at radius 2 is 2.10 bits per heavy atom. The van der Waals surface area contributed by atoms with Crippen molar-refractivity contribution >= 4 is 22.9 Å². The van der Waals surface area contributed by atoms with Crippen LogP contribution in [0.4, 0.5) is 5.69 Å². The number of anilines is 1. The van der Waals surface area contributed by atoms with Crippen LogP contribution in [0, 0.1) is 6.92 Å². The van der Waals surface area contributed by atoms with Gasteiger partial charge >= 0.3 is 0 Å². The van der Waals surface area contributed by atoms with Gasteiger partial charge < -0.3 is 15.4 Å². The van der Waals surface area contributed by atoms with Gasteiger partial charge in [-0.15, -0.1) is 11.3 Å². The molecular formula is C15H19N3O2S. The largest absolute Gasteiger partial charge is 0.493 e. The number of amides is 1. The van der Waals surface area contributed by atoms with Crippen LogP contribution in [0.3, 0.4) is 0 Å². The fourth-order valence-electron chi connectivity index (χ4n) is 1.82. The van der Waals surface area contributed by atoms with E-state index >= 15 is 0 Å². The van der Waals surface area contributed by atoms with Crippen molar-refractivity contribution < 1.29 is 9.53 Å². The average Bonchev–Trinajstić information content (AvgIpc) is 2.86. The van der Waals surface area contributed by atoms with Gasteiger partial charge in [0.2, 0.25) is 5.91 Å². The van der Waals surface area contributed by atoms with Crippen LogP contribution in [0.15, 0.2) is 29.6 Å². The van der Waals surface area contributed by atoms with E-state index in [0.717, 1.165) is 16.5 Å². The third-order valence-corrected chi connectivity index (χ3v) is 3.78. The molecule has 1 heterocycles. The number of thiazole rings is 1. The lowest BCUT2D eigenvalue weighted by atomic mass is 10.3. The van der Waals surface area contributed by atoms with Gasteiger partial charge in [-0.25, -0.2) is 4.98 Å². The van der Waals surface area contributed by atoms with E-state index in [1.807, 2.05) is 12.3 Å². The minimum Gasteiger partial charge on any atom is -0.493 e. The Hall–Kier alpha value is -2.08. The number of ether oxygens (including phenoxy) is 1. The SMILES string of the molecule is Cc1nc(CN(C)C(=O)CCOc2ccc(N)cc2)cs1. The van der Waals surface area contributed by atoms with Gasteiger partial charge in [-0.3, -0.25) is 4.79 Å². The van der Waals surface area contributed by atoms with E-state index in [-0.39, 0.29) is 5.91 Å². The van der Waals surface area contributed by atoms with Crippen molar-refractivity contribution in [1.82, 2.24) is 9.88 Å². The number of nitrogen functional groups attached to an aromatic ring is 1. The summed E-state index contributed by atoms with van der Waals surface area (Å²) < 4.78 is 5.52. The van der Waals surface area contributed by atoms with Crippen LogP contribution in [0.1, 0.15) is 17.1 Å². The van der Waals surface area contributed by atoms with Crippen LogP contribution in [0.2, 0.25) is 0 Å². The number of hydrogen-bond donors (Lipinski definition) is 1. The number of nitrogens with two attached hydrogens (primary N) is 1. The third kappa shape index (κ3) is 4.75. The summed E-state index contributed by atoms with van der Waals surface area (Å²) >= 11 is 1.59. The minimum absolute atomic E-state index is 0.0381. The number of aromatic nitrogens is 1. The summed E-state index contributed by atoms with van der Waals surface area (Å²) in [6, 6.07) is 7.13. The maximum absolute atomic E-state index is 12.0. The van der Waals surface area contributed by atoms with Crippen molar-refractivity contribution in [3.05, 3.63) is 40.3 Å². The zero-order valence-corrected chi connectivity index (χ0v) is 13.0. The highest BCUT2D eigenvalue weighted by molar-refractivity contribution is 7.09. The highest BCUT2D eigenvalue weighted by atomic mass is 32.1. The van der Waals surface area contributed by atoms with E-state index in [1.54, 1.807) is 47.5 Å². The van der Waals surface area contributed by atoms with Gasteiger partial charge in [0.15, 0.2) is 0 Å². The van der Waals surface area contributed by atoms with Gasteiger partial charge in [0.05, 0.1) is 30.3 Å². The van der Waals surface area contributed by atoms with Crippen LogP contribution >= 0.6 is 11.3 Å². The monoisotopic (exact) mass is 305 g/mol. The van der Waals surface area contributed by atoms with Crippen molar-refractivity contribution in [3.63, 3.8) is 0 Å². The zero-order chi connectivity index (χ0) is 15.2. The summed E-state index contributed by atoms with van der Waals surface area (Å²) in [6.45, 7) is 2.84. The first kappa shape index (κ1) is 15.3. The highest BCUT2D eigenvalue weighted by Crippen LogP contribution is 2.14. The molecule has 0 unspecified atom stereocenters. The lowest BCUT2D eigenvalue weighted by Crippen LogP contribution is -2.27. The fraction of sp³-hybridized carbons (Fsp3) is 0.333. The van der Waals surface area contributed by atoms with E-state index in [4.69, 9.17) is 10.5 Å². The number of benzene rings is 1. The molecule has 0 bridgehead atoms. The van der Waals surface area contributed by atoms with Crippen molar-refractivity contribution in [2.75, 3.05) is 19.4 Å². The lowest BCUT2D eigenvalue weighted by Gasteiger charge is -2.16. The molecule has 1 aromatic carbocycles. The summed E-state index contributed by atoms with van der Waals surface area (Å²) in [5, 5.41) is 2.99. The molecule has 0 saturated carbocycles. The number of aryl methyl sites for hydroxylation is 1. The van der Waals surface area contributed by atoms with Crippen LogP contribution in [-0.2, 0) is 11.3 Å². The summed E-state index contributed by atoms with van der Waals surface area (Å²) in [5.41, 5.74) is 7.21. The van der Waals surface area contributed by atoms with E-state index in [1.165, 1.54) is 0 Å². The number of nitrogens with zero attached hydrogens (tertiary/aromatic N) is 2. The molecule has 2 aromatic rings. The Balaban J connectivity index is 1.74. The van der Waals surface area contributed by atoms with Gasteiger partial charge in [-0.05, 0) is 31.2 Å². The molecule has 21 heavy (non-hydrogen) atoms. The lowest BCUT2D eigenvalue weighted by molar-refractivity contribution is -0.131. The Kier molecular flexibility index (Phi) is 5.16. The van der Waals surface area contributed by atoms with E-state index < -0.39 is 0 Å². The minimum atomic E-state index is 0.0381. The maximum atomic E-state index is 12.0. The highest BCUT2D eigenvalue weighted by Gasteiger charge is 2.11. The van der Waals surface area contributed by atoms with Gasteiger partial charge in [0.1, 0.15) is 5.75 Å². The standard InChI is InChI=1S/C15H19N3O2S/c1-11-17-13(10-21-11)9-18(2)15(19)7-8-20-14-5-3-12(16)4-6-14/h3-6,10H,7-9,16H2,1-2H3. The molecule has 112 valence electrons. The zero-order valence-electron chi connectivity index (χ0n) is 12.2. The maximum Gasteiger partial charge on any atom is 0.226 e. The molecule has 6 heteroatoms. The Morgan fingerprint density at radius 1 is 1.38 bits per heavy atom. The normalized spacial score (nSPS) is 10.4. The molecular weight excluding hydrogens is 286 g/mol. The van der Waals surface area contributed by atoms with Crippen molar-refractivity contribution in [2.24, 2.45) is 0 Å². The fourth-order valence-corrected chi connectivity index (χ4v) is 2.43. The predicted molar refractivity (Wildman–Crippen MR) is 84.3 cm³/mol. The van der Waals surface area contributed by atoms with Crippen LogP contribution < -0.4 is 10.5 Å². The molecule has 0 fully saturated rings. The first-order valence-electron chi connectivity index (χ1n) is 6.68. The first-order valence-corrected chi connectivity index (χ1v) is 7.56. The molecule has 0 aliphatic carbocycles. The Bertz CT molecular complexity index is 595. The van der Waals surface area contributed by atoms with Gasteiger partial charge in [-0.2, -0.15) is 0 Å². The Labute approximate surface area is 128 Å². The van der Waals surface area contributed by atoms with Crippen LogP contribution in [0.25, 0.3) is 0 Å².